The molecule has 0 aliphatic rings. The van der Waals surface area contributed by atoms with Gasteiger partial charge in [-0.2, -0.15) is 0 Å². The number of carbonyl (C=O) groups is 1. The lowest BCUT2D eigenvalue weighted by Crippen LogP contribution is -2.24. The molecular formula is C11H8BrNO3S. The number of thiophene rings is 1. The molecule has 0 spiro atoms. The Morgan fingerprint density at radius 1 is 1.41 bits per heavy atom. The van der Waals surface area contributed by atoms with E-state index in [9.17, 15) is 9.59 Å². The van der Waals surface area contributed by atoms with Crippen LogP contribution < -0.4 is 5.56 Å². The lowest BCUT2D eigenvalue weighted by Gasteiger charge is -2.05. The van der Waals surface area contributed by atoms with Gasteiger partial charge in [0.25, 0.3) is 5.56 Å². The Labute approximate surface area is 109 Å². The van der Waals surface area contributed by atoms with Gasteiger partial charge < -0.3 is 9.67 Å². The van der Waals surface area contributed by atoms with E-state index >= 15 is 0 Å². The monoisotopic (exact) mass is 313 g/mol. The second-order valence-corrected chi connectivity index (χ2v) is 5.89. The molecule has 0 saturated heterocycles. The molecule has 2 aromatic heterocycles. The zero-order valence-corrected chi connectivity index (χ0v) is 11.2. The summed E-state index contributed by atoms with van der Waals surface area (Å²) in [5, 5.41) is 9.12. The third-order valence-electron chi connectivity index (χ3n) is 2.32. The van der Waals surface area contributed by atoms with Crippen molar-refractivity contribution in [2.24, 2.45) is 7.05 Å². The normalized spacial score (nSPS) is 10.5. The number of aromatic nitrogens is 1. The van der Waals surface area contributed by atoms with Crippen molar-refractivity contribution in [3.63, 3.8) is 0 Å². The summed E-state index contributed by atoms with van der Waals surface area (Å²) in [6, 6.07) is 5.25. The third-order valence-corrected chi connectivity index (χ3v) is 3.98. The van der Waals surface area contributed by atoms with E-state index in [0.29, 0.717) is 5.56 Å². The van der Waals surface area contributed by atoms with E-state index in [1.54, 1.807) is 18.3 Å². The summed E-state index contributed by atoms with van der Waals surface area (Å²) < 4.78 is 2.15. The Morgan fingerprint density at radius 2 is 2.12 bits per heavy atom. The van der Waals surface area contributed by atoms with Crippen molar-refractivity contribution in [1.29, 1.82) is 0 Å². The van der Waals surface area contributed by atoms with Gasteiger partial charge in [0, 0.05) is 23.7 Å². The van der Waals surface area contributed by atoms with Crippen LogP contribution in [0.1, 0.15) is 10.4 Å². The SMILES string of the molecule is Cn1ccc(-c2ccc(Br)s2)c(C(=O)O)c1=O. The van der Waals surface area contributed by atoms with Crippen LogP contribution in [0.4, 0.5) is 0 Å². The lowest BCUT2D eigenvalue weighted by atomic mass is 10.1. The zero-order valence-electron chi connectivity index (χ0n) is 8.81. The molecule has 0 fully saturated rings. The van der Waals surface area contributed by atoms with Gasteiger partial charge in [0.2, 0.25) is 0 Å². The predicted octanol–water partition coefficient (Wildman–Crippen LogP) is 2.57. The number of carboxylic acids is 1. The van der Waals surface area contributed by atoms with Crippen molar-refractivity contribution in [2.75, 3.05) is 0 Å². The molecule has 2 heterocycles. The lowest BCUT2D eigenvalue weighted by molar-refractivity contribution is 0.0695. The number of aromatic carboxylic acids is 1. The fraction of sp³-hybridized carbons (Fsp3) is 0.0909. The minimum atomic E-state index is -1.20. The highest BCUT2D eigenvalue weighted by atomic mass is 79.9. The van der Waals surface area contributed by atoms with E-state index in [4.69, 9.17) is 5.11 Å². The van der Waals surface area contributed by atoms with Gasteiger partial charge in [0.05, 0.1) is 3.79 Å². The molecule has 0 radical (unpaired) electrons. The molecule has 0 aromatic carbocycles. The van der Waals surface area contributed by atoms with E-state index in [2.05, 4.69) is 15.9 Å². The Bertz CT molecular complexity index is 644. The predicted molar refractivity (Wildman–Crippen MR) is 69.7 cm³/mol. The largest absolute Gasteiger partial charge is 0.477 e. The van der Waals surface area contributed by atoms with Crippen LogP contribution in [0.3, 0.4) is 0 Å². The van der Waals surface area contributed by atoms with Gasteiger partial charge in [0.15, 0.2) is 0 Å². The highest BCUT2D eigenvalue weighted by Crippen LogP contribution is 2.32. The first kappa shape index (κ1) is 12.1. The first-order chi connectivity index (χ1) is 8.00. The second kappa shape index (κ2) is 4.46. The number of hydrogen-bond donors (Lipinski definition) is 1. The first-order valence-electron chi connectivity index (χ1n) is 4.69. The Kier molecular flexibility index (Phi) is 3.17. The van der Waals surface area contributed by atoms with Gasteiger partial charge >= 0.3 is 5.97 Å². The molecular weight excluding hydrogens is 306 g/mol. The molecule has 0 amide bonds. The molecule has 0 bridgehead atoms. The molecule has 1 N–H and O–H groups in total. The van der Waals surface area contributed by atoms with Crippen molar-refractivity contribution in [2.45, 2.75) is 0 Å². The average Bonchev–Trinajstić information content (AvgIpc) is 2.68. The number of rotatable bonds is 2. The molecule has 0 aliphatic heterocycles. The Balaban J connectivity index is 2.74. The topological polar surface area (TPSA) is 59.3 Å². The van der Waals surface area contributed by atoms with E-state index in [0.717, 1.165) is 8.66 Å². The molecule has 6 heteroatoms. The summed E-state index contributed by atoms with van der Waals surface area (Å²) in [5.41, 5.74) is -0.236. The van der Waals surface area contributed by atoms with Crippen LogP contribution in [0.15, 0.2) is 33.0 Å². The highest BCUT2D eigenvalue weighted by Gasteiger charge is 2.18. The molecule has 4 nitrogen and oxygen atoms in total. The fourth-order valence-electron chi connectivity index (χ4n) is 1.50. The first-order valence-corrected chi connectivity index (χ1v) is 6.30. The van der Waals surface area contributed by atoms with Gasteiger partial charge in [-0.15, -0.1) is 11.3 Å². The van der Waals surface area contributed by atoms with E-state index < -0.39 is 11.5 Å². The smallest absolute Gasteiger partial charge is 0.342 e. The van der Waals surface area contributed by atoms with Crippen molar-refractivity contribution < 1.29 is 9.90 Å². The van der Waals surface area contributed by atoms with Crippen LogP contribution in [0, 0.1) is 0 Å². The maximum Gasteiger partial charge on any atom is 0.342 e. The van der Waals surface area contributed by atoms with Crippen LogP contribution in [0.5, 0.6) is 0 Å². The van der Waals surface area contributed by atoms with Crippen LogP contribution >= 0.6 is 27.3 Å². The van der Waals surface area contributed by atoms with E-state index in [-0.39, 0.29) is 5.56 Å². The average molecular weight is 314 g/mol. The second-order valence-electron chi connectivity index (χ2n) is 3.43. The quantitative estimate of drug-likeness (QED) is 0.927. The molecule has 88 valence electrons. The zero-order chi connectivity index (χ0) is 12.6. The summed E-state index contributed by atoms with van der Waals surface area (Å²) >= 11 is 4.70. The molecule has 0 saturated carbocycles. The molecule has 0 atom stereocenters. The van der Waals surface area contributed by atoms with Crippen LogP contribution in [0.2, 0.25) is 0 Å². The van der Waals surface area contributed by atoms with Crippen LogP contribution in [-0.4, -0.2) is 15.6 Å². The van der Waals surface area contributed by atoms with Crippen molar-refractivity contribution >= 4 is 33.2 Å². The van der Waals surface area contributed by atoms with Gasteiger partial charge in [0.1, 0.15) is 5.56 Å². The number of carboxylic acid groups (broad SMARTS) is 1. The summed E-state index contributed by atoms with van der Waals surface area (Å²) in [6.07, 6.45) is 1.57. The van der Waals surface area contributed by atoms with Gasteiger partial charge in [-0.05, 0) is 34.1 Å². The number of halogens is 1. The van der Waals surface area contributed by atoms with E-state index in [1.807, 2.05) is 6.07 Å². The number of hydrogen-bond acceptors (Lipinski definition) is 3. The molecule has 0 unspecified atom stereocenters. The molecule has 0 aliphatic carbocycles. The highest BCUT2D eigenvalue weighted by molar-refractivity contribution is 9.11. The van der Waals surface area contributed by atoms with Crippen molar-refractivity contribution in [3.8, 4) is 10.4 Å². The molecule has 2 rings (SSSR count). The fourth-order valence-corrected chi connectivity index (χ4v) is 2.92. The summed E-state index contributed by atoms with van der Waals surface area (Å²) in [4.78, 5) is 23.7. The number of aryl methyl sites for hydroxylation is 1. The van der Waals surface area contributed by atoms with Gasteiger partial charge in [-0.25, -0.2) is 4.79 Å². The Morgan fingerprint density at radius 3 is 2.65 bits per heavy atom. The number of nitrogens with zero attached hydrogens (tertiary/aromatic N) is 1. The van der Waals surface area contributed by atoms with Crippen molar-refractivity contribution in [1.82, 2.24) is 4.57 Å². The number of pyridine rings is 1. The Hall–Kier alpha value is -1.40. The minimum Gasteiger partial charge on any atom is -0.477 e. The van der Waals surface area contributed by atoms with E-state index in [1.165, 1.54) is 23.0 Å². The summed E-state index contributed by atoms with van der Waals surface area (Å²) in [6.45, 7) is 0. The van der Waals surface area contributed by atoms with Gasteiger partial charge in [-0.3, -0.25) is 4.79 Å². The third kappa shape index (κ3) is 2.18. The maximum atomic E-state index is 11.8. The summed E-state index contributed by atoms with van der Waals surface area (Å²) in [5.74, 6) is -1.20. The van der Waals surface area contributed by atoms with Crippen LogP contribution in [0.25, 0.3) is 10.4 Å². The molecule has 2 aromatic rings. The summed E-state index contributed by atoms with van der Waals surface area (Å²) in [7, 11) is 1.53. The maximum absolute atomic E-state index is 11.8. The van der Waals surface area contributed by atoms with Crippen LogP contribution in [-0.2, 0) is 7.05 Å². The minimum absolute atomic E-state index is 0.190. The molecule has 17 heavy (non-hydrogen) atoms. The standard InChI is InChI=1S/C11H8BrNO3S/c1-13-5-4-6(7-2-3-8(12)17-7)9(10(13)14)11(15)16/h2-5H,1H3,(H,15,16). The van der Waals surface area contributed by atoms with Gasteiger partial charge in [-0.1, -0.05) is 0 Å². The van der Waals surface area contributed by atoms with Crippen molar-refractivity contribution in [3.05, 3.63) is 44.1 Å².